The average molecular weight is 419 g/mol. The maximum atomic E-state index is 12.8. The number of nitrogens with zero attached hydrogens (tertiary/aromatic N) is 2. The Bertz CT molecular complexity index is 1040. The van der Waals surface area contributed by atoms with Gasteiger partial charge in [0.1, 0.15) is 6.54 Å². The number of rotatable bonds is 6. The van der Waals surface area contributed by atoms with Crippen molar-refractivity contribution in [3.63, 3.8) is 0 Å². The summed E-state index contributed by atoms with van der Waals surface area (Å²) in [4.78, 5) is 28.9. The van der Waals surface area contributed by atoms with E-state index in [-0.39, 0.29) is 0 Å². The van der Waals surface area contributed by atoms with E-state index in [1.54, 1.807) is 36.3 Å². The third-order valence-corrected chi connectivity index (χ3v) is 4.97. The molecule has 0 aliphatic heterocycles. The summed E-state index contributed by atoms with van der Waals surface area (Å²) in [5.74, 6) is 0.153. The Morgan fingerprint density at radius 1 is 1.10 bits per heavy atom. The normalized spacial score (nSPS) is 11.3. The Morgan fingerprint density at radius 3 is 2.52 bits per heavy atom. The molecule has 1 aromatic carbocycles. The largest absolute Gasteiger partial charge is 0.417 e. The molecule has 5 nitrogen and oxygen atoms in total. The molecule has 1 N–H and O–H groups in total. The number of pyridine rings is 2. The van der Waals surface area contributed by atoms with Gasteiger partial charge in [-0.25, -0.2) is 0 Å². The van der Waals surface area contributed by atoms with Gasteiger partial charge in [0.2, 0.25) is 5.91 Å². The highest BCUT2D eigenvalue weighted by molar-refractivity contribution is 7.98. The number of thioether (sulfide) groups is 1. The molecular weight excluding hydrogens is 403 g/mol. The zero-order chi connectivity index (χ0) is 20.9. The summed E-state index contributed by atoms with van der Waals surface area (Å²) in [7, 11) is 0. The maximum absolute atomic E-state index is 12.8. The molecule has 0 spiro atoms. The number of nitrogens with one attached hydrogen (secondary N) is 1. The van der Waals surface area contributed by atoms with E-state index >= 15 is 0 Å². The van der Waals surface area contributed by atoms with Crippen molar-refractivity contribution >= 4 is 23.4 Å². The summed E-state index contributed by atoms with van der Waals surface area (Å²) in [6.07, 6.45) is -0.453. The van der Waals surface area contributed by atoms with Crippen LogP contribution in [0.25, 0.3) is 0 Å². The van der Waals surface area contributed by atoms with Crippen molar-refractivity contribution < 1.29 is 18.0 Å². The van der Waals surface area contributed by atoms with E-state index in [2.05, 4.69) is 10.3 Å². The van der Waals surface area contributed by atoms with Crippen molar-refractivity contribution in [1.29, 1.82) is 0 Å². The van der Waals surface area contributed by atoms with Gasteiger partial charge in [0.05, 0.1) is 5.56 Å². The van der Waals surface area contributed by atoms with Crippen molar-refractivity contribution in [1.82, 2.24) is 9.55 Å². The Balaban J connectivity index is 1.59. The molecule has 3 aromatic rings. The number of carbonyl (C=O) groups excluding carboxylic acids is 1. The fraction of sp³-hybridized carbons (Fsp3) is 0.150. The van der Waals surface area contributed by atoms with Gasteiger partial charge in [-0.15, -0.1) is 11.8 Å². The minimum atomic E-state index is -4.59. The molecule has 0 saturated carbocycles. The van der Waals surface area contributed by atoms with Crippen LogP contribution in [0.3, 0.4) is 0 Å². The zero-order valence-corrected chi connectivity index (χ0v) is 15.8. The Hall–Kier alpha value is -3.07. The van der Waals surface area contributed by atoms with Gasteiger partial charge < -0.3 is 9.88 Å². The van der Waals surface area contributed by atoms with Gasteiger partial charge in [0.15, 0.2) is 0 Å². The Kier molecular flexibility index (Phi) is 6.38. The minimum Gasteiger partial charge on any atom is -0.325 e. The van der Waals surface area contributed by atoms with Crippen LogP contribution in [0, 0.1) is 0 Å². The number of benzene rings is 1. The molecule has 29 heavy (non-hydrogen) atoms. The molecule has 0 saturated heterocycles. The molecule has 0 fully saturated rings. The van der Waals surface area contributed by atoms with E-state index in [9.17, 15) is 22.8 Å². The first-order valence-electron chi connectivity index (χ1n) is 8.50. The van der Waals surface area contributed by atoms with E-state index in [1.165, 1.54) is 0 Å². The van der Waals surface area contributed by atoms with Crippen LogP contribution in [-0.4, -0.2) is 15.5 Å². The van der Waals surface area contributed by atoms with Crippen LogP contribution >= 0.6 is 11.8 Å². The summed E-state index contributed by atoms with van der Waals surface area (Å²) in [5, 5.41) is 2.58. The lowest BCUT2D eigenvalue weighted by atomic mass is 10.2. The third-order valence-electron chi connectivity index (χ3n) is 3.89. The molecule has 1 amide bonds. The summed E-state index contributed by atoms with van der Waals surface area (Å²) in [5.41, 5.74) is -0.0997. The van der Waals surface area contributed by atoms with Gasteiger partial charge in [-0.3, -0.25) is 14.6 Å². The molecule has 0 radical (unpaired) electrons. The van der Waals surface area contributed by atoms with Gasteiger partial charge in [-0.2, -0.15) is 13.2 Å². The summed E-state index contributed by atoms with van der Waals surface area (Å²) < 4.78 is 39.0. The summed E-state index contributed by atoms with van der Waals surface area (Å²) >= 11 is 1.60. The van der Waals surface area contributed by atoms with Gasteiger partial charge >= 0.3 is 6.18 Å². The van der Waals surface area contributed by atoms with E-state index in [0.29, 0.717) is 18.0 Å². The van der Waals surface area contributed by atoms with Crippen molar-refractivity contribution in [3.8, 4) is 0 Å². The molecule has 0 aliphatic rings. The van der Waals surface area contributed by atoms with E-state index < -0.39 is 29.8 Å². The molecule has 3 rings (SSSR count). The molecule has 0 aliphatic carbocycles. The molecule has 0 bridgehead atoms. The van der Waals surface area contributed by atoms with Crippen LogP contribution in [0.15, 0.2) is 76.8 Å². The number of alkyl halides is 3. The second-order valence-electron chi connectivity index (χ2n) is 6.10. The number of carbonyl (C=O) groups is 1. The quantitative estimate of drug-likeness (QED) is 0.609. The summed E-state index contributed by atoms with van der Waals surface area (Å²) in [6, 6.07) is 12.4. The third kappa shape index (κ3) is 5.95. The first kappa shape index (κ1) is 20.7. The van der Waals surface area contributed by atoms with E-state index in [0.717, 1.165) is 26.8 Å². The fourth-order valence-electron chi connectivity index (χ4n) is 2.46. The molecule has 2 heterocycles. The van der Waals surface area contributed by atoms with Crippen LogP contribution < -0.4 is 10.9 Å². The van der Waals surface area contributed by atoms with Crippen molar-refractivity contribution in [2.24, 2.45) is 0 Å². The predicted molar refractivity (Wildman–Crippen MR) is 105 cm³/mol. The molecule has 9 heteroatoms. The lowest BCUT2D eigenvalue weighted by Crippen LogP contribution is -2.28. The van der Waals surface area contributed by atoms with Gasteiger partial charge in [0, 0.05) is 41.0 Å². The van der Waals surface area contributed by atoms with Gasteiger partial charge in [-0.05, 0) is 42.0 Å². The number of amides is 1. The fourth-order valence-corrected chi connectivity index (χ4v) is 3.30. The van der Waals surface area contributed by atoms with Gasteiger partial charge in [-0.1, -0.05) is 6.07 Å². The predicted octanol–water partition coefficient (Wildman–Crippen LogP) is 4.19. The van der Waals surface area contributed by atoms with E-state index in [4.69, 9.17) is 0 Å². The van der Waals surface area contributed by atoms with Crippen LogP contribution in [0.2, 0.25) is 0 Å². The molecular formula is C20H16F3N3O2S. The van der Waals surface area contributed by atoms with Crippen molar-refractivity contribution in [2.45, 2.75) is 23.4 Å². The molecule has 0 atom stereocenters. The second-order valence-corrected chi connectivity index (χ2v) is 7.15. The number of anilines is 1. The van der Waals surface area contributed by atoms with Crippen LogP contribution in [0.5, 0.6) is 0 Å². The number of hydrogen-bond acceptors (Lipinski definition) is 4. The number of aromatic nitrogens is 2. The van der Waals surface area contributed by atoms with Crippen LogP contribution in [0.1, 0.15) is 11.1 Å². The maximum Gasteiger partial charge on any atom is 0.417 e. The Labute approximate surface area is 168 Å². The smallest absolute Gasteiger partial charge is 0.325 e. The zero-order valence-electron chi connectivity index (χ0n) is 15.0. The monoisotopic (exact) mass is 419 g/mol. The highest BCUT2D eigenvalue weighted by Crippen LogP contribution is 2.28. The van der Waals surface area contributed by atoms with Crippen molar-refractivity contribution in [3.05, 3.63) is 88.6 Å². The lowest BCUT2D eigenvalue weighted by Gasteiger charge is -2.11. The number of hydrogen-bond donors (Lipinski definition) is 1. The Morgan fingerprint density at radius 2 is 1.86 bits per heavy atom. The van der Waals surface area contributed by atoms with E-state index in [1.807, 2.05) is 24.3 Å². The standard InChI is InChI=1S/C20H16F3N3O2S/c21-20(22,23)15-3-8-19(28)26(11-15)12-18(27)25-16-4-6-17(7-5-16)29-13-14-2-1-9-24-10-14/h1-11H,12-13H2,(H,25,27). The average Bonchev–Trinajstić information content (AvgIpc) is 2.69. The molecule has 0 unspecified atom stereocenters. The van der Waals surface area contributed by atoms with Crippen molar-refractivity contribution in [2.75, 3.05) is 5.32 Å². The first-order chi connectivity index (χ1) is 13.8. The molecule has 2 aromatic heterocycles. The second kappa shape index (κ2) is 8.95. The minimum absolute atomic E-state index is 0.487. The lowest BCUT2D eigenvalue weighted by molar-refractivity contribution is -0.138. The highest BCUT2D eigenvalue weighted by Gasteiger charge is 2.31. The highest BCUT2D eigenvalue weighted by atomic mass is 32.2. The van der Waals surface area contributed by atoms with Gasteiger partial charge in [0.25, 0.3) is 5.56 Å². The van der Waals surface area contributed by atoms with Crippen LogP contribution in [0.4, 0.5) is 18.9 Å². The topological polar surface area (TPSA) is 64.0 Å². The summed E-state index contributed by atoms with van der Waals surface area (Å²) in [6.45, 7) is -0.514. The SMILES string of the molecule is O=C(Cn1cc(C(F)(F)F)ccc1=O)Nc1ccc(SCc2cccnc2)cc1. The van der Waals surface area contributed by atoms with Crippen LogP contribution in [-0.2, 0) is 23.3 Å². The first-order valence-corrected chi connectivity index (χ1v) is 9.49. The number of halogens is 3. The molecule has 150 valence electrons.